The molecule has 0 aliphatic heterocycles. The number of carbonyl (C=O) groups excluding carboxylic acids is 1. The van der Waals surface area contributed by atoms with E-state index < -0.39 is 0 Å². The zero-order valence-corrected chi connectivity index (χ0v) is 14.5. The van der Waals surface area contributed by atoms with Crippen LogP contribution < -0.4 is 10.6 Å². The number of nitrogens with zero attached hydrogens (tertiary/aromatic N) is 3. The Kier molecular flexibility index (Phi) is 5.00. The monoisotopic (exact) mass is 341 g/mol. The molecular weight excluding hydrogens is 322 g/mol. The molecule has 0 saturated carbocycles. The number of hydrogen-bond acceptors (Lipinski definition) is 6. The van der Waals surface area contributed by atoms with Crippen LogP contribution in [-0.4, -0.2) is 27.4 Å². The van der Waals surface area contributed by atoms with Crippen molar-refractivity contribution in [3.05, 3.63) is 41.7 Å². The first-order chi connectivity index (χ1) is 11.6. The number of anilines is 2. The molecule has 0 atom stereocenters. The molecule has 1 aromatic carbocycles. The largest absolute Gasteiger partial charge is 0.354 e. The Morgan fingerprint density at radius 1 is 1.12 bits per heavy atom. The van der Waals surface area contributed by atoms with Crippen LogP contribution in [0.3, 0.4) is 0 Å². The van der Waals surface area contributed by atoms with E-state index in [0.29, 0.717) is 30.5 Å². The van der Waals surface area contributed by atoms with Gasteiger partial charge in [-0.2, -0.15) is 0 Å². The summed E-state index contributed by atoms with van der Waals surface area (Å²) in [6.45, 7) is 4.52. The van der Waals surface area contributed by atoms with E-state index in [2.05, 4.69) is 25.6 Å². The normalized spacial score (nSPS) is 10.8. The molecule has 0 fully saturated rings. The first-order valence-corrected chi connectivity index (χ1v) is 8.63. The Labute approximate surface area is 144 Å². The van der Waals surface area contributed by atoms with Crippen LogP contribution in [0, 0.1) is 13.8 Å². The number of para-hydroxylation sites is 1. The third-order valence-corrected chi connectivity index (χ3v) is 4.34. The van der Waals surface area contributed by atoms with E-state index in [4.69, 9.17) is 0 Å². The number of nitrogens with one attached hydrogen (secondary N) is 2. The molecule has 0 spiro atoms. The smallest absolute Gasteiger partial charge is 0.226 e. The molecule has 3 aromatic rings. The van der Waals surface area contributed by atoms with Crippen LogP contribution >= 0.6 is 11.3 Å². The Bertz CT molecular complexity index is 808. The van der Waals surface area contributed by atoms with E-state index in [-0.39, 0.29) is 5.91 Å². The molecule has 0 radical (unpaired) electrons. The average molecular weight is 341 g/mol. The Morgan fingerprint density at radius 2 is 1.88 bits per heavy atom. The second-order valence-electron chi connectivity index (χ2n) is 5.54. The molecule has 6 nitrogen and oxygen atoms in total. The van der Waals surface area contributed by atoms with Crippen molar-refractivity contribution in [1.82, 2.24) is 15.0 Å². The zero-order valence-electron chi connectivity index (χ0n) is 13.7. The Hall–Kier alpha value is -2.54. The maximum absolute atomic E-state index is 12.0. The van der Waals surface area contributed by atoms with Gasteiger partial charge >= 0.3 is 0 Å². The van der Waals surface area contributed by atoms with Crippen molar-refractivity contribution in [2.24, 2.45) is 0 Å². The van der Waals surface area contributed by atoms with Crippen LogP contribution in [0.25, 0.3) is 10.2 Å². The minimum Gasteiger partial charge on any atom is -0.354 e. The molecule has 0 bridgehead atoms. The molecule has 7 heteroatoms. The van der Waals surface area contributed by atoms with Gasteiger partial charge in [-0.15, -0.1) is 0 Å². The summed E-state index contributed by atoms with van der Waals surface area (Å²) in [5.74, 6) is 0.580. The minimum absolute atomic E-state index is 0.0304. The zero-order chi connectivity index (χ0) is 16.9. The van der Waals surface area contributed by atoms with Crippen molar-refractivity contribution in [2.75, 3.05) is 17.2 Å². The molecule has 0 saturated heterocycles. The summed E-state index contributed by atoms with van der Waals surface area (Å²) in [6, 6.07) is 9.77. The molecule has 0 aliphatic rings. The lowest BCUT2D eigenvalue weighted by Gasteiger charge is -2.06. The van der Waals surface area contributed by atoms with Gasteiger partial charge in [-0.3, -0.25) is 4.79 Å². The van der Waals surface area contributed by atoms with E-state index in [1.165, 1.54) is 11.3 Å². The lowest BCUT2D eigenvalue weighted by Crippen LogP contribution is -2.14. The fourth-order valence-corrected chi connectivity index (χ4v) is 3.24. The third-order valence-electron chi connectivity index (χ3n) is 3.39. The number of aromatic nitrogens is 3. The molecule has 2 N–H and O–H groups in total. The Morgan fingerprint density at radius 3 is 2.62 bits per heavy atom. The van der Waals surface area contributed by atoms with Crippen LogP contribution in [0.1, 0.15) is 24.2 Å². The topological polar surface area (TPSA) is 79.8 Å². The predicted octanol–water partition coefficient (Wildman–Crippen LogP) is 3.53. The lowest BCUT2D eigenvalue weighted by atomic mass is 10.3. The summed E-state index contributed by atoms with van der Waals surface area (Å²) in [5.41, 5.74) is 2.77. The van der Waals surface area contributed by atoms with Crippen LogP contribution in [0.5, 0.6) is 0 Å². The van der Waals surface area contributed by atoms with E-state index in [0.717, 1.165) is 21.6 Å². The number of thiazole rings is 1. The lowest BCUT2D eigenvalue weighted by molar-refractivity contribution is -0.116. The summed E-state index contributed by atoms with van der Waals surface area (Å²) < 4.78 is 1.07. The van der Waals surface area contributed by atoms with Crippen molar-refractivity contribution in [3.63, 3.8) is 0 Å². The first-order valence-electron chi connectivity index (χ1n) is 7.82. The number of rotatable bonds is 6. The van der Waals surface area contributed by atoms with Crippen LogP contribution in [0.2, 0.25) is 0 Å². The van der Waals surface area contributed by atoms with Crippen molar-refractivity contribution >= 4 is 38.5 Å². The fourth-order valence-electron chi connectivity index (χ4n) is 2.36. The molecule has 124 valence electrons. The molecule has 2 aromatic heterocycles. The highest BCUT2D eigenvalue weighted by Crippen LogP contribution is 2.25. The number of hydrogen-bond donors (Lipinski definition) is 2. The van der Waals surface area contributed by atoms with Crippen LogP contribution in [-0.2, 0) is 4.79 Å². The minimum atomic E-state index is -0.0304. The highest BCUT2D eigenvalue weighted by Gasteiger charge is 2.07. The predicted molar refractivity (Wildman–Crippen MR) is 97.5 cm³/mol. The third kappa shape index (κ3) is 4.26. The van der Waals surface area contributed by atoms with Gasteiger partial charge in [0.25, 0.3) is 0 Å². The number of carbonyl (C=O) groups is 1. The second kappa shape index (κ2) is 7.35. The first kappa shape index (κ1) is 16.3. The standard InChI is InChI=1S/C17H19N5OS/c1-11-10-12(2)20-16(19-11)18-9-5-8-15(23)22-17-21-13-6-3-4-7-14(13)24-17/h3-4,6-7,10H,5,8-9H2,1-2H3,(H,18,19,20)(H,21,22,23). The van der Waals surface area contributed by atoms with Crippen molar-refractivity contribution in [3.8, 4) is 0 Å². The van der Waals surface area contributed by atoms with Crippen molar-refractivity contribution in [2.45, 2.75) is 26.7 Å². The quantitative estimate of drug-likeness (QED) is 0.671. The summed E-state index contributed by atoms with van der Waals surface area (Å²) in [7, 11) is 0. The van der Waals surface area contributed by atoms with E-state index in [9.17, 15) is 4.79 Å². The number of amides is 1. The summed E-state index contributed by atoms with van der Waals surface area (Å²) in [6.07, 6.45) is 1.13. The molecule has 1 amide bonds. The van der Waals surface area contributed by atoms with Gasteiger partial charge in [-0.1, -0.05) is 23.5 Å². The number of aryl methyl sites for hydroxylation is 2. The maximum atomic E-state index is 12.0. The van der Waals surface area contributed by atoms with Gasteiger partial charge < -0.3 is 10.6 Å². The van der Waals surface area contributed by atoms with E-state index in [1.807, 2.05) is 44.2 Å². The molecule has 0 unspecified atom stereocenters. The molecule has 24 heavy (non-hydrogen) atoms. The van der Waals surface area contributed by atoms with Gasteiger partial charge in [0, 0.05) is 24.4 Å². The van der Waals surface area contributed by atoms with Crippen LogP contribution in [0.4, 0.5) is 11.1 Å². The average Bonchev–Trinajstić information content (AvgIpc) is 2.92. The highest BCUT2D eigenvalue weighted by molar-refractivity contribution is 7.22. The summed E-state index contributed by atoms with van der Waals surface area (Å²) in [5, 5.41) is 6.65. The molecule has 2 heterocycles. The van der Waals surface area contributed by atoms with Crippen molar-refractivity contribution in [1.29, 1.82) is 0 Å². The maximum Gasteiger partial charge on any atom is 0.226 e. The SMILES string of the molecule is Cc1cc(C)nc(NCCCC(=O)Nc2nc3ccccc3s2)n1. The number of fused-ring (bicyclic) bond motifs is 1. The number of benzene rings is 1. The summed E-state index contributed by atoms with van der Waals surface area (Å²) in [4.78, 5) is 25.0. The van der Waals surface area contributed by atoms with Crippen molar-refractivity contribution < 1.29 is 4.79 Å². The van der Waals surface area contributed by atoms with Gasteiger partial charge in [-0.25, -0.2) is 15.0 Å². The van der Waals surface area contributed by atoms with Gasteiger partial charge in [0.15, 0.2) is 5.13 Å². The highest BCUT2D eigenvalue weighted by atomic mass is 32.1. The van der Waals surface area contributed by atoms with Gasteiger partial charge in [0.2, 0.25) is 11.9 Å². The molecular formula is C17H19N5OS. The van der Waals surface area contributed by atoms with Gasteiger partial charge in [0.05, 0.1) is 10.2 Å². The summed E-state index contributed by atoms with van der Waals surface area (Å²) >= 11 is 1.49. The van der Waals surface area contributed by atoms with Gasteiger partial charge in [-0.05, 0) is 38.5 Å². The second-order valence-corrected chi connectivity index (χ2v) is 6.57. The van der Waals surface area contributed by atoms with Crippen LogP contribution in [0.15, 0.2) is 30.3 Å². The van der Waals surface area contributed by atoms with E-state index in [1.54, 1.807) is 0 Å². The molecule has 0 aliphatic carbocycles. The Balaban J connectivity index is 1.45. The fraction of sp³-hybridized carbons (Fsp3) is 0.294. The van der Waals surface area contributed by atoms with E-state index >= 15 is 0 Å². The van der Waals surface area contributed by atoms with Gasteiger partial charge in [0.1, 0.15) is 0 Å². The molecule has 3 rings (SSSR count).